The number of amides is 2. The summed E-state index contributed by atoms with van der Waals surface area (Å²) in [4.78, 5) is 24.1. The molecule has 0 atom stereocenters. The fourth-order valence-corrected chi connectivity index (χ4v) is 1.54. The maximum Gasteiger partial charge on any atom is 0.324 e. The monoisotopic (exact) mass is 285 g/mol. The summed E-state index contributed by atoms with van der Waals surface area (Å²) in [6.45, 7) is 0.227. The Morgan fingerprint density at radius 1 is 1.26 bits per heavy atom. The van der Waals surface area contributed by atoms with E-state index in [-0.39, 0.29) is 6.54 Å². The minimum atomic E-state index is -4.34. The van der Waals surface area contributed by atoms with E-state index in [4.69, 9.17) is 0 Å². The van der Waals surface area contributed by atoms with Crippen molar-refractivity contribution in [1.29, 1.82) is 0 Å². The molecule has 0 aromatic carbocycles. The van der Waals surface area contributed by atoms with Gasteiger partial charge in [-0.2, -0.15) is 8.78 Å². The molecule has 1 saturated heterocycles. The van der Waals surface area contributed by atoms with Gasteiger partial charge in [-0.05, 0) is 13.0 Å². The third-order valence-electron chi connectivity index (χ3n) is 2.63. The summed E-state index contributed by atoms with van der Waals surface area (Å²) in [5.41, 5.74) is 0. The van der Waals surface area contributed by atoms with Crippen molar-refractivity contribution in [3.05, 3.63) is 0 Å². The summed E-state index contributed by atoms with van der Waals surface area (Å²) in [6, 6.07) is 0. The lowest BCUT2D eigenvalue weighted by molar-refractivity contribution is -0.150. The van der Waals surface area contributed by atoms with Gasteiger partial charge in [0.25, 0.3) is 0 Å². The molecule has 9 heteroatoms. The van der Waals surface area contributed by atoms with Gasteiger partial charge in [0.15, 0.2) is 0 Å². The van der Waals surface area contributed by atoms with Crippen molar-refractivity contribution in [1.82, 2.24) is 15.5 Å². The molecule has 110 valence electrons. The van der Waals surface area contributed by atoms with E-state index in [1.807, 2.05) is 0 Å². The van der Waals surface area contributed by atoms with Gasteiger partial charge in [-0.25, -0.2) is 8.78 Å². The van der Waals surface area contributed by atoms with Gasteiger partial charge in [-0.15, -0.1) is 0 Å². The lowest BCUT2D eigenvalue weighted by atomic mass is 10.3. The number of rotatable bonds is 3. The van der Waals surface area contributed by atoms with Crippen molar-refractivity contribution in [2.75, 3.05) is 32.7 Å². The van der Waals surface area contributed by atoms with E-state index in [2.05, 4.69) is 5.32 Å². The van der Waals surface area contributed by atoms with Gasteiger partial charge in [-0.3, -0.25) is 9.59 Å². The molecule has 0 radical (unpaired) electrons. The first-order valence-electron chi connectivity index (χ1n) is 5.78. The Bertz CT molecular complexity index is 331. The van der Waals surface area contributed by atoms with Crippen molar-refractivity contribution in [3.63, 3.8) is 0 Å². The highest BCUT2D eigenvalue weighted by molar-refractivity contribution is 6.35. The highest BCUT2D eigenvalue weighted by Crippen LogP contribution is 2.21. The Hall–Kier alpha value is -1.38. The molecule has 5 nitrogen and oxygen atoms in total. The predicted molar refractivity (Wildman–Crippen MR) is 58.0 cm³/mol. The van der Waals surface area contributed by atoms with Crippen molar-refractivity contribution in [2.45, 2.75) is 18.8 Å². The standard InChI is InChI=1S/C10H15F4N3O2/c11-9(12)10(13,14)6-16-7(18)8(19)17-4-1-2-15-3-5-17/h9,15H,1-6H2,(H,16,18). The molecule has 0 unspecified atom stereocenters. The zero-order valence-corrected chi connectivity index (χ0v) is 10.1. The SMILES string of the molecule is O=C(NCC(F)(F)C(F)F)C(=O)N1CCCNCC1. The van der Waals surface area contributed by atoms with Crippen molar-refractivity contribution in [2.24, 2.45) is 0 Å². The first-order chi connectivity index (χ1) is 8.84. The van der Waals surface area contributed by atoms with Gasteiger partial charge in [0.05, 0.1) is 6.54 Å². The molecular weight excluding hydrogens is 270 g/mol. The van der Waals surface area contributed by atoms with Crippen molar-refractivity contribution >= 4 is 11.8 Å². The number of carbonyl (C=O) groups is 2. The highest BCUT2D eigenvalue weighted by Gasteiger charge is 2.41. The Kier molecular flexibility index (Phi) is 5.52. The fourth-order valence-electron chi connectivity index (χ4n) is 1.54. The molecule has 0 spiro atoms. The topological polar surface area (TPSA) is 61.4 Å². The number of halogens is 4. The molecule has 0 saturated carbocycles. The summed E-state index contributed by atoms with van der Waals surface area (Å²) in [5, 5.41) is 4.54. The van der Waals surface area contributed by atoms with Crippen LogP contribution in [0, 0.1) is 0 Å². The summed E-state index contributed by atoms with van der Waals surface area (Å²) < 4.78 is 48.9. The number of nitrogens with one attached hydrogen (secondary N) is 2. The second kappa shape index (κ2) is 6.69. The Balaban J connectivity index is 2.46. The summed E-state index contributed by atoms with van der Waals surface area (Å²) in [6.07, 6.45) is -3.25. The third-order valence-corrected chi connectivity index (χ3v) is 2.63. The van der Waals surface area contributed by atoms with Crippen LogP contribution in [0.3, 0.4) is 0 Å². The molecule has 2 amide bonds. The summed E-state index contributed by atoms with van der Waals surface area (Å²) >= 11 is 0. The van der Waals surface area contributed by atoms with Crippen LogP contribution in [0.4, 0.5) is 17.6 Å². The van der Waals surface area contributed by atoms with Crippen LogP contribution < -0.4 is 10.6 Å². The Morgan fingerprint density at radius 3 is 2.58 bits per heavy atom. The van der Waals surface area contributed by atoms with Gasteiger partial charge in [-0.1, -0.05) is 0 Å². The molecule has 1 fully saturated rings. The molecule has 19 heavy (non-hydrogen) atoms. The Labute approximate surface area is 107 Å². The van der Waals surface area contributed by atoms with Crippen LogP contribution in [0.1, 0.15) is 6.42 Å². The van der Waals surface area contributed by atoms with Crippen LogP contribution in [0.15, 0.2) is 0 Å². The van der Waals surface area contributed by atoms with Gasteiger partial charge in [0.2, 0.25) is 0 Å². The molecule has 1 rings (SSSR count). The molecule has 0 bridgehead atoms. The van der Waals surface area contributed by atoms with Gasteiger partial charge in [0, 0.05) is 19.6 Å². The number of alkyl halides is 4. The fraction of sp³-hybridized carbons (Fsp3) is 0.800. The smallest absolute Gasteiger partial charge is 0.324 e. The van der Waals surface area contributed by atoms with E-state index < -0.39 is 30.7 Å². The first-order valence-corrected chi connectivity index (χ1v) is 5.78. The van der Waals surface area contributed by atoms with Crippen LogP contribution in [-0.4, -0.2) is 61.8 Å². The van der Waals surface area contributed by atoms with E-state index in [0.29, 0.717) is 26.1 Å². The van der Waals surface area contributed by atoms with Crippen LogP contribution >= 0.6 is 0 Å². The average Bonchev–Trinajstić information content (AvgIpc) is 2.63. The van der Waals surface area contributed by atoms with Crippen LogP contribution in [0.5, 0.6) is 0 Å². The first kappa shape index (κ1) is 15.7. The largest absolute Gasteiger partial charge is 0.342 e. The van der Waals surface area contributed by atoms with E-state index >= 15 is 0 Å². The zero-order chi connectivity index (χ0) is 14.5. The summed E-state index contributed by atoms with van der Waals surface area (Å²) in [7, 11) is 0. The van der Waals surface area contributed by atoms with Crippen molar-refractivity contribution < 1.29 is 27.2 Å². The maximum atomic E-state index is 12.6. The van der Waals surface area contributed by atoms with E-state index in [1.165, 1.54) is 4.90 Å². The van der Waals surface area contributed by atoms with Crippen LogP contribution in [-0.2, 0) is 9.59 Å². The van der Waals surface area contributed by atoms with Crippen LogP contribution in [0.25, 0.3) is 0 Å². The second-order valence-corrected chi connectivity index (χ2v) is 4.14. The number of carbonyl (C=O) groups excluding carboxylic acids is 2. The van der Waals surface area contributed by atoms with Crippen LogP contribution in [0.2, 0.25) is 0 Å². The summed E-state index contributed by atoms with van der Waals surface area (Å²) in [5.74, 6) is -6.60. The van der Waals surface area contributed by atoms with Crippen molar-refractivity contribution in [3.8, 4) is 0 Å². The number of hydrogen-bond acceptors (Lipinski definition) is 3. The van der Waals surface area contributed by atoms with Gasteiger partial charge < -0.3 is 15.5 Å². The predicted octanol–water partition coefficient (Wildman–Crippen LogP) is -0.175. The molecule has 0 aromatic heterocycles. The molecule has 0 aliphatic carbocycles. The van der Waals surface area contributed by atoms with E-state index in [1.54, 1.807) is 5.32 Å². The lowest BCUT2D eigenvalue weighted by Gasteiger charge is -2.20. The lowest BCUT2D eigenvalue weighted by Crippen LogP contribution is -2.48. The molecular formula is C10H15F4N3O2. The zero-order valence-electron chi connectivity index (χ0n) is 10.1. The average molecular weight is 285 g/mol. The number of hydrogen-bond donors (Lipinski definition) is 2. The maximum absolute atomic E-state index is 12.6. The molecule has 0 aromatic rings. The number of nitrogens with zero attached hydrogens (tertiary/aromatic N) is 1. The normalized spacial score (nSPS) is 17.2. The second-order valence-electron chi connectivity index (χ2n) is 4.14. The molecule has 1 aliphatic heterocycles. The molecule has 1 aliphatic rings. The quantitative estimate of drug-likeness (QED) is 0.559. The molecule has 1 heterocycles. The minimum absolute atomic E-state index is 0.275. The van der Waals surface area contributed by atoms with E-state index in [0.717, 1.165) is 0 Å². The third kappa shape index (κ3) is 4.66. The van der Waals surface area contributed by atoms with Gasteiger partial charge in [0.1, 0.15) is 0 Å². The van der Waals surface area contributed by atoms with E-state index in [9.17, 15) is 27.2 Å². The Morgan fingerprint density at radius 2 is 1.95 bits per heavy atom. The minimum Gasteiger partial charge on any atom is -0.342 e. The van der Waals surface area contributed by atoms with Gasteiger partial charge >= 0.3 is 24.2 Å². The molecule has 2 N–H and O–H groups in total. The highest BCUT2D eigenvalue weighted by atomic mass is 19.3.